The predicted molar refractivity (Wildman–Crippen MR) is 507 cm³/mol. The van der Waals surface area contributed by atoms with Crippen LogP contribution in [0.5, 0.6) is 0 Å². The molecule has 0 aliphatic carbocycles. The van der Waals surface area contributed by atoms with Crippen LogP contribution in [0.25, 0.3) is 0 Å². The molecule has 708 valence electrons. The number of fused-ring (bicyclic) bond motifs is 1. The van der Waals surface area contributed by atoms with Crippen LogP contribution in [0.15, 0.2) is 364 Å². The molecule has 1 N–H and O–H groups in total. The molecule has 5 aliphatic heterocycles. The molecular formula is C110H110Cl3NO22. The second-order valence-electron chi connectivity index (χ2n) is 33.7. The minimum absolute atomic E-state index is 0.00912. The lowest BCUT2D eigenvalue weighted by molar-refractivity contribution is -0.409. The second-order valence-corrected chi connectivity index (χ2v) is 35.9. The summed E-state index contributed by atoms with van der Waals surface area (Å²) in [7, 11) is 0. The zero-order chi connectivity index (χ0) is 92.9. The van der Waals surface area contributed by atoms with Crippen LogP contribution in [-0.4, -0.2) is 165 Å². The molecule has 0 amide bonds. The highest BCUT2D eigenvalue weighted by atomic mass is 35.6. The summed E-state index contributed by atoms with van der Waals surface area (Å²) in [6.45, 7) is -0.167. The van der Waals surface area contributed by atoms with Gasteiger partial charge in [-0.25, -0.2) is 4.79 Å². The van der Waals surface area contributed by atoms with Crippen molar-refractivity contribution in [1.29, 1.82) is 5.41 Å². The number of halogens is 3. The van der Waals surface area contributed by atoms with E-state index in [4.69, 9.17) is 140 Å². The minimum Gasteiger partial charge on any atom is -0.449 e. The van der Waals surface area contributed by atoms with Crippen LogP contribution in [0.2, 0.25) is 0 Å². The Morgan fingerprint density at radius 1 is 0.279 bits per heavy atom. The van der Waals surface area contributed by atoms with Gasteiger partial charge in [-0.05, 0) is 67.8 Å². The fourth-order valence-corrected chi connectivity index (χ4v) is 17.2. The van der Waals surface area contributed by atoms with Gasteiger partial charge in [0.15, 0.2) is 31.3 Å². The van der Waals surface area contributed by atoms with E-state index in [2.05, 4.69) is 0 Å². The first-order valence-corrected chi connectivity index (χ1v) is 47.0. The SMILES string of the molecule is N=C(OC1O[C@H](COCc2ccccc2)[C@@H](O[C@@H]2O[C@H](COCc3ccccc3)[C@@H](O[C@@H]3O[C@H](COCc4ccccc4)[C@@H](O[C@@H]4O[C@@H]5CO[C@@H](c6ccccc6)O[C@H]5[C@H](OCc5ccccc5)[C@@H]4OCc4ccccc4)[C@H](OCc4ccccc4)[C@@H]3OCc3ccccc3)[C@H](OCc3ccccc3)[C@@H]2OCc2ccccc2)[C@H](OCc2ccccc2)[C@H]1OC(=O)c1ccccc1)C(Cl)(Cl)Cl. The van der Waals surface area contributed by atoms with Gasteiger partial charge in [0.25, 0.3) is 3.79 Å². The molecule has 0 spiro atoms. The van der Waals surface area contributed by atoms with Crippen LogP contribution in [0.1, 0.15) is 77.8 Å². The zero-order valence-corrected chi connectivity index (χ0v) is 77.0. The molecule has 0 aromatic heterocycles. The van der Waals surface area contributed by atoms with E-state index in [9.17, 15) is 0 Å². The van der Waals surface area contributed by atoms with Crippen molar-refractivity contribution < 1.29 is 104 Å². The molecule has 26 heteroatoms. The molecule has 12 aromatic carbocycles. The maximum atomic E-state index is 15.0. The Morgan fingerprint density at radius 2 is 0.537 bits per heavy atom. The molecule has 1 unspecified atom stereocenters. The van der Waals surface area contributed by atoms with E-state index in [0.717, 1.165) is 61.2 Å². The van der Waals surface area contributed by atoms with Crippen molar-refractivity contribution in [3.63, 3.8) is 0 Å². The maximum absolute atomic E-state index is 15.0. The molecule has 21 atom stereocenters. The highest BCUT2D eigenvalue weighted by Crippen LogP contribution is 2.44. The summed E-state index contributed by atoms with van der Waals surface area (Å²) < 4.78 is 151. The Balaban J connectivity index is 0.812. The van der Waals surface area contributed by atoms with Gasteiger partial charge in [0.05, 0.1) is 98.1 Å². The van der Waals surface area contributed by atoms with Gasteiger partial charge in [0.2, 0.25) is 12.2 Å². The summed E-state index contributed by atoms with van der Waals surface area (Å²) in [4.78, 5) is 15.0. The van der Waals surface area contributed by atoms with Gasteiger partial charge in [-0.15, -0.1) is 0 Å². The number of nitrogens with one attached hydrogen (secondary N) is 1. The molecule has 0 saturated carbocycles. The van der Waals surface area contributed by atoms with Crippen molar-refractivity contribution in [3.8, 4) is 0 Å². The number of rotatable bonds is 43. The molecule has 12 aromatic rings. The van der Waals surface area contributed by atoms with E-state index in [1.807, 2.05) is 334 Å². The summed E-state index contributed by atoms with van der Waals surface area (Å²) in [5.74, 6) is -1.67. The fraction of sp³-hybridized carbons (Fsp3) is 0.327. The third-order valence-corrected chi connectivity index (χ3v) is 24.4. The Kier molecular flexibility index (Phi) is 35.7. The van der Waals surface area contributed by atoms with Crippen molar-refractivity contribution in [2.75, 3.05) is 26.4 Å². The largest absolute Gasteiger partial charge is 0.449 e. The molecule has 0 bridgehead atoms. The number of carbonyl (C=O) groups excluding carboxylic acids is 1. The smallest absolute Gasteiger partial charge is 0.338 e. The van der Waals surface area contributed by atoms with Gasteiger partial charge in [-0.3, -0.25) is 5.41 Å². The lowest BCUT2D eigenvalue weighted by Crippen LogP contribution is -2.69. The molecule has 0 radical (unpaired) electrons. The highest BCUT2D eigenvalue weighted by molar-refractivity contribution is 6.76. The maximum Gasteiger partial charge on any atom is 0.338 e. The summed E-state index contributed by atoms with van der Waals surface area (Å²) in [5, 5.41) is 9.15. The lowest BCUT2D eigenvalue weighted by atomic mass is 9.94. The van der Waals surface area contributed by atoms with Crippen LogP contribution in [0, 0.1) is 5.41 Å². The van der Waals surface area contributed by atoms with Crippen molar-refractivity contribution in [1.82, 2.24) is 0 Å². The summed E-state index contributed by atoms with van der Waals surface area (Å²) in [5.41, 5.74) is 9.22. The van der Waals surface area contributed by atoms with Crippen LogP contribution >= 0.6 is 34.8 Å². The standard InChI is InChI=1S/C110H110Cl3NO22/c111-110(112,113)109(114)136-108-102(131-103(115)85-57-33-11-34-58-85)98(122-67-81-49-25-7-26-50-81)93(89(129-108)73-118-63-77-41-17-3-18-42-77)135-106-100(124-69-83-53-29-9-30-54-83)95(119-64-78-43-19-4-20-44-78)91(87(128-106)71-116-61-75-37-13-1-14-38-75)133-105-99(123-68-82-51-27-8-28-52-82)96(120-65-79-45-21-5-22-46-79)92(88(127-105)72-117-62-76-39-15-2-16-40-76)134-107-101(125-70-84-55-31-10-32-56-84)97(121-66-80-47-23-6-24-48-80)94-90(130-107)74-126-104(132-94)86-59-35-12-36-60-86/h1-60,87-102,104-108,114H,61-74H2/t87-,88-,89-,90-,91-,92-,93-,94-,95+,96+,97+,98+,99+,100+,101+,102-,104-,105+,106+,107+,108?/m1/s1. The van der Waals surface area contributed by atoms with Crippen LogP contribution in [0.3, 0.4) is 0 Å². The van der Waals surface area contributed by atoms with E-state index in [0.29, 0.717) is 0 Å². The van der Waals surface area contributed by atoms with Crippen LogP contribution < -0.4 is 0 Å². The summed E-state index contributed by atoms with van der Waals surface area (Å²) in [6.07, 6.45) is -26.2. The van der Waals surface area contributed by atoms with Gasteiger partial charge >= 0.3 is 5.97 Å². The van der Waals surface area contributed by atoms with E-state index < -0.39 is 145 Å². The van der Waals surface area contributed by atoms with E-state index >= 15 is 4.79 Å². The molecule has 136 heavy (non-hydrogen) atoms. The second kappa shape index (κ2) is 49.8. The summed E-state index contributed by atoms with van der Waals surface area (Å²) in [6, 6.07) is 116. The van der Waals surface area contributed by atoms with Gasteiger partial charge in [-0.1, -0.05) is 387 Å². The molecule has 5 fully saturated rings. The number of carbonyl (C=O) groups is 1. The number of hydrogen-bond donors (Lipinski definition) is 1. The van der Waals surface area contributed by atoms with Crippen LogP contribution in [0.4, 0.5) is 0 Å². The molecule has 5 saturated heterocycles. The van der Waals surface area contributed by atoms with Crippen LogP contribution in [-0.2, 0) is 166 Å². The fourth-order valence-electron chi connectivity index (χ4n) is 17.1. The van der Waals surface area contributed by atoms with Crippen molar-refractivity contribution in [2.45, 2.75) is 199 Å². The van der Waals surface area contributed by atoms with Crippen molar-refractivity contribution in [2.24, 2.45) is 0 Å². The average Bonchev–Trinajstić information content (AvgIpc) is 0.759. The average molecular weight is 1900 g/mol. The highest BCUT2D eigenvalue weighted by Gasteiger charge is 2.61. The quantitative estimate of drug-likeness (QED) is 0.0162. The third-order valence-electron chi connectivity index (χ3n) is 23.9. The van der Waals surface area contributed by atoms with Gasteiger partial charge < -0.3 is 99.5 Å². The third kappa shape index (κ3) is 27.2. The van der Waals surface area contributed by atoms with E-state index in [1.165, 1.54) is 0 Å². The number of hydrogen-bond acceptors (Lipinski definition) is 23. The first kappa shape index (κ1) is 97.3. The monoisotopic (exact) mass is 1900 g/mol. The number of alkyl halides is 3. The zero-order valence-electron chi connectivity index (χ0n) is 74.8. The first-order chi connectivity index (χ1) is 66.9. The van der Waals surface area contributed by atoms with Gasteiger partial charge in [-0.2, -0.15) is 0 Å². The number of benzene rings is 12. The Morgan fingerprint density at radius 3 is 0.853 bits per heavy atom. The van der Waals surface area contributed by atoms with Crippen molar-refractivity contribution in [3.05, 3.63) is 431 Å². The normalized spacial score (nSPS) is 26.2. The van der Waals surface area contributed by atoms with E-state index in [1.54, 1.807) is 30.3 Å². The number of esters is 1. The van der Waals surface area contributed by atoms with E-state index in [-0.39, 0.29) is 98.1 Å². The minimum atomic E-state index is -2.44. The Labute approximate surface area is 807 Å². The van der Waals surface area contributed by atoms with Gasteiger partial charge in [0.1, 0.15) is 91.6 Å². The molecule has 5 aliphatic rings. The number of ether oxygens (including phenoxy) is 21. The lowest BCUT2D eigenvalue weighted by Gasteiger charge is -2.53. The summed E-state index contributed by atoms with van der Waals surface area (Å²) >= 11 is 19.5. The topological polar surface area (TPSA) is 235 Å². The Hall–Kier alpha value is -10.3. The Bertz CT molecular complexity index is 5490. The van der Waals surface area contributed by atoms with Crippen molar-refractivity contribution >= 4 is 46.7 Å². The predicted octanol–water partition coefficient (Wildman–Crippen LogP) is 19.5. The van der Waals surface area contributed by atoms with Gasteiger partial charge in [0, 0.05) is 5.56 Å². The molecule has 23 nitrogen and oxygen atoms in total. The molecular weight excluding hydrogens is 1790 g/mol. The molecule has 17 rings (SSSR count). The first-order valence-electron chi connectivity index (χ1n) is 45.8. The molecule has 5 heterocycles.